The molecule has 0 spiro atoms. The Labute approximate surface area is 117 Å². The Morgan fingerprint density at radius 2 is 2.35 bits per heavy atom. The highest BCUT2D eigenvalue weighted by molar-refractivity contribution is 5.86. The van der Waals surface area contributed by atoms with Gasteiger partial charge >= 0.3 is 5.97 Å². The number of hydrogen-bond acceptors (Lipinski definition) is 7. The van der Waals surface area contributed by atoms with Crippen LogP contribution in [0.1, 0.15) is 35.6 Å². The Kier molecular flexibility index (Phi) is 4.74. The van der Waals surface area contributed by atoms with Gasteiger partial charge in [0.25, 0.3) is 0 Å². The van der Waals surface area contributed by atoms with Crippen LogP contribution in [0, 0.1) is 0 Å². The maximum atomic E-state index is 11.3. The van der Waals surface area contributed by atoms with Gasteiger partial charge in [-0.1, -0.05) is 0 Å². The molecule has 1 unspecified atom stereocenters. The van der Waals surface area contributed by atoms with Crippen molar-refractivity contribution < 1.29 is 24.2 Å². The molecule has 2 N–H and O–H groups in total. The second kappa shape index (κ2) is 6.34. The van der Waals surface area contributed by atoms with Crippen LogP contribution in [-0.2, 0) is 11.3 Å². The number of oxazole rings is 1. The van der Waals surface area contributed by atoms with Crippen molar-refractivity contribution in [1.29, 1.82) is 0 Å². The van der Waals surface area contributed by atoms with Crippen LogP contribution in [0.2, 0.25) is 0 Å². The number of hydrogen-bond donors (Lipinski definition) is 2. The normalized spacial score (nSPS) is 24.4. The van der Waals surface area contributed by atoms with E-state index in [0.29, 0.717) is 31.8 Å². The number of nitrogens with zero attached hydrogens (tertiary/aromatic N) is 2. The van der Waals surface area contributed by atoms with Gasteiger partial charge in [-0.15, -0.1) is 0 Å². The van der Waals surface area contributed by atoms with Gasteiger partial charge in [-0.05, 0) is 25.8 Å². The fraction of sp³-hybridized carbons (Fsp3) is 0.692. The molecular formula is C13H20N2O5. The highest BCUT2D eigenvalue weighted by Crippen LogP contribution is 2.22. The molecule has 1 aromatic rings. The molecule has 1 aliphatic rings. The molecule has 20 heavy (non-hydrogen) atoms. The number of likely N-dealkylation sites (tertiary alicyclic amines) is 1. The zero-order valence-electron chi connectivity index (χ0n) is 11.5. The summed E-state index contributed by atoms with van der Waals surface area (Å²) in [5, 5.41) is 19.3. The first-order valence-corrected chi connectivity index (χ1v) is 6.64. The predicted molar refractivity (Wildman–Crippen MR) is 69.0 cm³/mol. The highest BCUT2D eigenvalue weighted by atomic mass is 16.5. The van der Waals surface area contributed by atoms with Crippen molar-refractivity contribution in [3.63, 3.8) is 0 Å². The quantitative estimate of drug-likeness (QED) is 0.761. The first-order chi connectivity index (χ1) is 9.56. The van der Waals surface area contributed by atoms with Crippen LogP contribution >= 0.6 is 0 Å². The van der Waals surface area contributed by atoms with Crippen LogP contribution < -0.4 is 0 Å². The van der Waals surface area contributed by atoms with Crippen LogP contribution in [0.3, 0.4) is 0 Å². The molecule has 7 nitrogen and oxygen atoms in total. The van der Waals surface area contributed by atoms with E-state index in [4.69, 9.17) is 4.42 Å². The molecule has 112 valence electrons. The van der Waals surface area contributed by atoms with Gasteiger partial charge in [0.2, 0.25) is 5.89 Å². The van der Waals surface area contributed by atoms with Crippen LogP contribution in [0.25, 0.3) is 0 Å². The fourth-order valence-corrected chi connectivity index (χ4v) is 2.32. The van der Waals surface area contributed by atoms with E-state index in [1.54, 1.807) is 0 Å². The summed E-state index contributed by atoms with van der Waals surface area (Å²) in [4.78, 5) is 17.4. The topological polar surface area (TPSA) is 96.0 Å². The lowest BCUT2D eigenvalue weighted by atomic mass is 9.96. The summed E-state index contributed by atoms with van der Waals surface area (Å²) in [5.41, 5.74) is -0.827. The Morgan fingerprint density at radius 1 is 1.55 bits per heavy atom. The van der Waals surface area contributed by atoms with Gasteiger partial charge in [0.15, 0.2) is 5.69 Å². The third-order valence-corrected chi connectivity index (χ3v) is 3.61. The largest absolute Gasteiger partial charge is 0.464 e. The van der Waals surface area contributed by atoms with E-state index in [1.165, 1.54) is 13.4 Å². The minimum Gasteiger partial charge on any atom is -0.464 e. The predicted octanol–water partition coefficient (Wildman–Crippen LogP) is 0.170. The molecule has 0 bridgehead atoms. The maximum absolute atomic E-state index is 11.3. The van der Waals surface area contributed by atoms with Crippen molar-refractivity contribution in [2.75, 3.05) is 26.8 Å². The summed E-state index contributed by atoms with van der Waals surface area (Å²) in [7, 11) is 1.29. The number of aromatic nitrogens is 1. The van der Waals surface area contributed by atoms with E-state index < -0.39 is 11.6 Å². The lowest BCUT2D eigenvalue weighted by Gasteiger charge is -2.23. The Balaban J connectivity index is 1.93. The van der Waals surface area contributed by atoms with Gasteiger partial charge in [-0.2, -0.15) is 0 Å². The van der Waals surface area contributed by atoms with Crippen molar-refractivity contribution in [3.05, 3.63) is 17.8 Å². The minimum absolute atomic E-state index is 0.157. The summed E-state index contributed by atoms with van der Waals surface area (Å²) in [6.45, 7) is 1.69. The van der Waals surface area contributed by atoms with Crippen molar-refractivity contribution in [3.8, 4) is 0 Å². The van der Waals surface area contributed by atoms with Crippen LogP contribution in [-0.4, -0.2) is 58.5 Å². The number of rotatable bonds is 4. The number of esters is 1. The molecule has 1 aliphatic heterocycles. The average molecular weight is 284 g/mol. The molecule has 0 amide bonds. The van der Waals surface area contributed by atoms with Gasteiger partial charge in [0, 0.05) is 6.54 Å². The fourth-order valence-electron chi connectivity index (χ4n) is 2.32. The van der Waals surface area contributed by atoms with E-state index in [0.717, 1.165) is 13.0 Å². The molecule has 1 fully saturated rings. The van der Waals surface area contributed by atoms with E-state index in [1.807, 2.05) is 0 Å². The smallest absolute Gasteiger partial charge is 0.360 e. The van der Waals surface area contributed by atoms with E-state index >= 15 is 0 Å². The molecule has 1 aromatic heterocycles. The Morgan fingerprint density at radius 3 is 3.05 bits per heavy atom. The number of aliphatic hydroxyl groups is 2. The van der Waals surface area contributed by atoms with Gasteiger partial charge in [0.1, 0.15) is 6.26 Å². The van der Waals surface area contributed by atoms with Crippen molar-refractivity contribution in [2.45, 2.75) is 31.4 Å². The summed E-state index contributed by atoms with van der Waals surface area (Å²) in [5.74, 6) is -0.0784. The monoisotopic (exact) mass is 284 g/mol. The van der Waals surface area contributed by atoms with Crippen molar-refractivity contribution >= 4 is 5.97 Å². The number of ether oxygens (including phenoxy) is 1. The minimum atomic E-state index is -0.984. The van der Waals surface area contributed by atoms with Crippen LogP contribution in [0.4, 0.5) is 0 Å². The number of methoxy groups -OCH3 is 1. The van der Waals surface area contributed by atoms with Crippen LogP contribution in [0.15, 0.2) is 10.7 Å². The molecule has 0 aliphatic carbocycles. The third-order valence-electron chi connectivity index (χ3n) is 3.61. The van der Waals surface area contributed by atoms with Gasteiger partial charge in [-0.3, -0.25) is 4.90 Å². The van der Waals surface area contributed by atoms with E-state index in [2.05, 4.69) is 14.6 Å². The first-order valence-electron chi connectivity index (χ1n) is 6.64. The van der Waals surface area contributed by atoms with Crippen molar-refractivity contribution in [2.24, 2.45) is 0 Å². The SMILES string of the molecule is COC(=O)c1coc(CN2CCCC(O)(CO)CC2)n1. The second-order valence-corrected chi connectivity index (χ2v) is 5.13. The number of carbonyl (C=O) groups is 1. The molecule has 1 atom stereocenters. The molecule has 2 heterocycles. The summed E-state index contributed by atoms with van der Waals surface area (Å²) < 4.78 is 9.81. The molecule has 0 aromatic carbocycles. The summed E-state index contributed by atoms with van der Waals surface area (Å²) >= 11 is 0. The molecule has 7 heteroatoms. The second-order valence-electron chi connectivity index (χ2n) is 5.13. The van der Waals surface area contributed by atoms with Gasteiger partial charge in [0.05, 0.1) is 25.9 Å². The lowest BCUT2D eigenvalue weighted by molar-refractivity contribution is -0.0256. The van der Waals surface area contributed by atoms with Crippen LogP contribution in [0.5, 0.6) is 0 Å². The Hall–Kier alpha value is -1.44. The summed E-state index contributed by atoms with van der Waals surface area (Å²) in [6.07, 6.45) is 3.16. The zero-order chi connectivity index (χ0) is 14.6. The molecular weight excluding hydrogens is 264 g/mol. The average Bonchev–Trinajstić information content (AvgIpc) is 2.84. The van der Waals surface area contributed by atoms with E-state index in [-0.39, 0.29) is 12.3 Å². The van der Waals surface area contributed by atoms with E-state index in [9.17, 15) is 15.0 Å². The maximum Gasteiger partial charge on any atom is 0.360 e. The van der Waals surface area contributed by atoms with Gasteiger partial charge < -0.3 is 19.4 Å². The zero-order valence-corrected chi connectivity index (χ0v) is 11.5. The highest BCUT2D eigenvalue weighted by Gasteiger charge is 2.29. The van der Waals surface area contributed by atoms with Gasteiger partial charge in [-0.25, -0.2) is 9.78 Å². The lowest BCUT2D eigenvalue weighted by Crippen LogP contribution is -2.34. The van der Waals surface area contributed by atoms with Crippen molar-refractivity contribution in [1.82, 2.24) is 9.88 Å². The molecule has 0 saturated carbocycles. The third kappa shape index (κ3) is 3.56. The number of carbonyl (C=O) groups excluding carboxylic acids is 1. The molecule has 2 rings (SSSR count). The number of aliphatic hydroxyl groups excluding tert-OH is 1. The molecule has 1 saturated heterocycles. The Bertz CT molecular complexity index is 461. The summed E-state index contributed by atoms with van der Waals surface area (Å²) in [6, 6.07) is 0. The first kappa shape index (κ1) is 15.0. The standard InChI is InChI=1S/C13H20N2O5/c1-19-12(17)10-8-20-11(14-10)7-15-5-2-3-13(18,9-16)4-6-15/h8,16,18H,2-7,9H2,1H3. The molecule has 0 radical (unpaired) electrons.